The predicted molar refractivity (Wildman–Crippen MR) is 93.6 cm³/mol. The maximum absolute atomic E-state index is 12.9. The molecule has 0 spiro atoms. The molecule has 1 amide bonds. The number of carbonyl (C=O) groups excluding carboxylic acids is 1. The van der Waals surface area contributed by atoms with Crippen LogP contribution in [0.15, 0.2) is 51.8 Å². The normalized spacial score (nSPS) is 10.8. The van der Waals surface area contributed by atoms with Gasteiger partial charge in [0.15, 0.2) is 5.43 Å². The van der Waals surface area contributed by atoms with E-state index in [0.717, 1.165) is 11.3 Å². The van der Waals surface area contributed by atoms with Crippen molar-refractivity contribution in [2.45, 2.75) is 20.3 Å². The van der Waals surface area contributed by atoms with Crippen LogP contribution >= 0.6 is 0 Å². The zero-order valence-corrected chi connectivity index (χ0v) is 13.9. The molecule has 2 aromatic heterocycles. The molecular formula is C19H18N2O3. The Morgan fingerprint density at radius 1 is 1.25 bits per heavy atom. The molecule has 24 heavy (non-hydrogen) atoms. The summed E-state index contributed by atoms with van der Waals surface area (Å²) in [6, 6.07) is 10.8. The molecule has 0 saturated heterocycles. The van der Waals surface area contributed by atoms with Gasteiger partial charge in [-0.25, -0.2) is 4.98 Å². The molecule has 0 aliphatic rings. The molecule has 0 saturated carbocycles. The van der Waals surface area contributed by atoms with Gasteiger partial charge in [0.25, 0.3) is 5.91 Å². The molecule has 5 heteroatoms. The molecule has 1 aromatic carbocycles. The molecule has 0 radical (unpaired) electrons. The predicted octanol–water partition coefficient (Wildman–Crippen LogP) is 3.34. The summed E-state index contributed by atoms with van der Waals surface area (Å²) in [4.78, 5) is 31.3. The highest BCUT2D eigenvalue weighted by molar-refractivity contribution is 6.13. The van der Waals surface area contributed by atoms with Gasteiger partial charge in [-0.1, -0.05) is 25.1 Å². The summed E-state index contributed by atoms with van der Waals surface area (Å²) in [6.07, 6.45) is 2.30. The second-order valence-corrected chi connectivity index (χ2v) is 5.61. The molecule has 0 aliphatic carbocycles. The fraction of sp³-hybridized carbons (Fsp3) is 0.211. The van der Waals surface area contributed by atoms with Crippen molar-refractivity contribution in [3.8, 4) is 0 Å². The van der Waals surface area contributed by atoms with Crippen molar-refractivity contribution in [2.75, 3.05) is 11.9 Å². The van der Waals surface area contributed by atoms with E-state index in [0.29, 0.717) is 12.2 Å². The largest absolute Gasteiger partial charge is 0.442 e. The highest BCUT2D eigenvalue weighted by atomic mass is 16.3. The fourth-order valence-electron chi connectivity index (χ4n) is 2.66. The monoisotopic (exact) mass is 322 g/mol. The lowest BCUT2D eigenvalue weighted by atomic mass is 10.1. The Kier molecular flexibility index (Phi) is 4.16. The Morgan fingerprint density at radius 3 is 2.62 bits per heavy atom. The van der Waals surface area contributed by atoms with Gasteiger partial charge in [-0.15, -0.1) is 0 Å². The van der Waals surface area contributed by atoms with Crippen LogP contribution in [0.5, 0.6) is 0 Å². The van der Waals surface area contributed by atoms with Crippen LogP contribution < -0.4 is 10.3 Å². The molecule has 3 rings (SSSR count). The number of hydrogen-bond donors (Lipinski definition) is 0. The van der Waals surface area contributed by atoms with Gasteiger partial charge in [-0.3, -0.25) is 9.59 Å². The minimum Gasteiger partial charge on any atom is -0.442 e. The summed E-state index contributed by atoms with van der Waals surface area (Å²) in [5, 5.41) is 0.236. The van der Waals surface area contributed by atoms with Crippen molar-refractivity contribution >= 4 is 22.7 Å². The third kappa shape index (κ3) is 2.69. The van der Waals surface area contributed by atoms with Crippen molar-refractivity contribution in [2.24, 2.45) is 0 Å². The Labute approximate surface area is 139 Å². The van der Waals surface area contributed by atoms with Crippen LogP contribution in [-0.2, 0) is 6.42 Å². The first-order valence-electron chi connectivity index (χ1n) is 7.78. The summed E-state index contributed by atoms with van der Waals surface area (Å²) < 4.78 is 5.59. The molecule has 0 aliphatic heterocycles. The molecule has 0 fully saturated rings. The molecule has 5 nitrogen and oxygen atoms in total. The van der Waals surface area contributed by atoms with Crippen LogP contribution in [0, 0.1) is 6.92 Å². The number of aryl methyl sites for hydroxylation is 2. The second kappa shape index (κ2) is 6.28. The molecular weight excluding hydrogens is 304 g/mol. The van der Waals surface area contributed by atoms with Crippen molar-refractivity contribution in [1.29, 1.82) is 0 Å². The number of anilines is 1. The van der Waals surface area contributed by atoms with E-state index in [9.17, 15) is 9.59 Å². The molecule has 0 N–H and O–H groups in total. The Bertz CT molecular complexity index is 962. The Balaban J connectivity index is 2.19. The van der Waals surface area contributed by atoms with Crippen LogP contribution in [-0.4, -0.2) is 17.9 Å². The molecule has 0 bridgehead atoms. The Morgan fingerprint density at radius 2 is 1.96 bits per heavy atom. The Hall–Kier alpha value is -2.95. The van der Waals surface area contributed by atoms with E-state index < -0.39 is 0 Å². The number of amides is 1. The van der Waals surface area contributed by atoms with Crippen LogP contribution in [0.3, 0.4) is 0 Å². The van der Waals surface area contributed by atoms with Crippen LogP contribution in [0.2, 0.25) is 0 Å². The van der Waals surface area contributed by atoms with E-state index >= 15 is 0 Å². The van der Waals surface area contributed by atoms with Gasteiger partial charge in [0.05, 0.1) is 5.56 Å². The van der Waals surface area contributed by atoms with Crippen LogP contribution in [0.4, 0.5) is 5.69 Å². The van der Waals surface area contributed by atoms with Gasteiger partial charge in [0.2, 0.25) is 5.71 Å². The second-order valence-electron chi connectivity index (χ2n) is 5.61. The van der Waals surface area contributed by atoms with Gasteiger partial charge in [0.1, 0.15) is 11.1 Å². The summed E-state index contributed by atoms with van der Waals surface area (Å²) in [5.41, 5.74) is 1.76. The van der Waals surface area contributed by atoms with Crippen molar-refractivity contribution in [3.63, 3.8) is 0 Å². The SMILES string of the molecule is CCc1cnc2oc(C)c(C(=O)N(C)c3ccccc3)c2c(=O)c1. The van der Waals surface area contributed by atoms with Gasteiger partial charge in [-0.05, 0) is 37.1 Å². The molecule has 122 valence electrons. The lowest BCUT2D eigenvalue weighted by Gasteiger charge is -2.16. The number of carbonyl (C=O) groups is 1. The van der Waals surface area contributed by atoms with E-state index in [1.54, 1.807) is 20.2 Å². The number of furan rings is 1. The smallest absolute Gasteiger partial charge is 0.262 e. The van der Waals surface area contributed by atoms with Crippen molar-refractivity contribution < 1.29 is 9.21 Å². The number of rotatable bonds is 3. The van der Waals surface area contributed by atoms with Gasteiger partial charge < -0.3 is 9.32 Å². The summed E-state index contributed by atoms with van der Waals surface area (Å²) in [5.74, 6) is 0.104. The quantitative estimate of drug-likeness (QED) is 0.742. The summed E-state index contributed by atoms with van der Waals surface area (Å²) in [7, 11) is 1.67. The topological polar surface area (TPSA) is 63.4 Å². The van der Waals surface area contributed by atoms with E-state index in [-0.39, 0.29) is 28.0 Å². The third-order valence-electron chi connectivity index (χ3n) is 4.05. The average Bonchev–Trinajstić information content (AvgIpc) is 2.85. The van der Waals surface area contributed by atoms with Gasteiger partial charge in [0, 0.05) is 18.9 Å². The van der Waals surface area contributed by atoms with Gasteiger partial charge in [-0.2, -0.15) is 0 Å². The first-order chi connectivity index (χ1) is 11.5. The van der Waals surface area contributed by atoms with E-state index in [1.807, 2.05) is 37.3 Å². The lowest BCUT2D eigenvalue weighted by Crippen LogP contribution is -2.27. The summed E-state index contributed by atoms with van der Waals surface area (Å²) in [6.45, 7) is 3.62. The van der Waals surface area contributed by atoms with Crippen molar-refractivity contribution in [3.05, 3.63) is 69.7 Å². The maximum atomic E-state index is 12.9. The van der Waals surface area contributed by atoms with E-state index in [4.69, 9.17) is 4.42 Å². The zero-order chi connectivity index (χ0) is 17.3. The fourth-order valence-corrected chi connectivity index (χ4v) is 2.66. The average molecular weight is 322 g/mol. The molecule has 2 heterocycles. The van der Waals surface area contributed by atoms with Crippen LogP contribution in [0.25, 0.3) is 11.1 Å². The number of para-hydroxylation sites is 1. The number of nitrogens with zero attached hydrogens (tertiary/aromatic N) is 2. The highest BCUT2D eigenvalue weighted by Crippen LogP contribution is 2.24. The molecule has 0 unspecified atom stereocenters. The first-order valence-corrected chi connectivity index (χ1v) is 7.78. The number of fused-ring (bicyclic) bond motifs is 1. The van der Waals surface area contributed by atoms with E-state index in [1.165, 1.54) is 11.0 Å². The maximum Gasteiger partial charge on any atom is 0.262 e. The lowest BCUT2D eigenvalue weighted by molar-refractivity contribution is 0.0993. The third-order valence-corrected chi connectivity index (χ3v) is 4.05. The first kappa shape index (κ1) is 15.9. The molecule has 0 atom stereocenters. The number of aromatic nitrogens is 1. The minimum absolute atomic E-state index is 0.196. The highest BCUT2D eigenvalue weighted by Gasteiger charge is 2.24. The van der Waals surface area contributed by atoms with Crippen LogP contribution in [0.1, 0.15) is 28.6 Å². The molecule has 3 aromatic rings. The van der Waals surface area contributed by atoms with Crippen molar-refractivity contribution in [1.82, 2.24) is 4.98 Å². The number of benzene rings is 1. The zero-order valence-electron chi connectivity index (χ0n) is 13.9. The minimum atomic E-state index is -0.291. The van der Waals surface area contributed by atoms with E-state index in [2.05, 4.69) is 4.98 Å². The van der Waals surface area contributed by atoms with Gasteiger partial charge >= 0.3 is 0 Å². The number of hydrogen-bond acceptors (Lipinski definition) is 4. The summed E-state index contributed by atoms with van der Waals surface area (Å²) >= 11 is 0. The standard InChI is InChI=1S/C19H18N2O3/c1-4-13-10-15(22)17-16(12(2)24-18(17)20-11-13)19(23)21(3)14-8-6-5-7-9-14/h5-11H,4H2,1-3H3.